The molecule has 0 spiro atoms. The molecule has 0 amide bonds. The maximum absolute atomic E-state index is 6.09. The monoisotopic (exact) mass is 282 g/mol. The van der Waals surface area contributed by atoms with Crippen LogP contribution in [0.2, 0.25) is 0 Å². The van der Waals surface area contributed by atoms with E-state index in [0.29, 0.717) is 0 Å². The lowest BCUT2D eigenvalue weighted by molar-refractivity contribution is 0.208. The van der Waals surface area contributed by atoms with Crippen LogP contribution < -0.4 is 10.1 Å². The van der Waals surface area contributed by atoms with Crippen LogP contribution in [0, 0.1) is 6.92 Å². The fourth-order valence-electron chi connectivity index (χ4n) is 3.09. The van der Waals surface area contributed by atoms with Crippen LogP contribution in [0.1, 0.15) is 29.7 Å². The van der Waals surface area contributed by atoms with Crippen molar-refractivity contribution in [1.29, 1.82) is 0 Å². The Morgan fingerprint density at radius 3 is 3.05 bits per heavy atom. The third-order valence-corrected chi connectivity index (χ3v) is 4.43. The Morgan fingerprint density at radius 2 is 2.19 bits per heavy atom. The molecule has 1 aromatic heterocycles. The number of fused-ring (bicyclic) bond motifs is 1. The Kier molecular flexibility index (Phi) is 3.23. The van der Waals surface area contributed by atoms with E-state index in [1.165, 1.54) is 29.7 Å². The minimum absolute atomic E-state index is 0.258. The lowest BCUT2D eigenvalue weighted by Gasteiger charge is -2.15. The largest absolute Gasteiger partial charge is 0.488 e. The van der Waals surface area contributed by atoms with E-state index in [1.807, 2.05) is 0 Å². The predicted molar refractivity (Wildman–Crippen MR) is 83.6 cm³/mol. The van der Waals surface area contributed by atoms with E-state index in [1.54, 1.807) is 0 Å². The number of aryl methyl sites for hydroxylation is 1. The summed E-state index contributed by atoms with van der Waals surface area (Å²) in [6.07, 6.45) is 6.11. The normalized spacial score (nSPS) is 20.3. The first kappa shape index (κ1) is 13.0. The molecule has 1 N–H and O–H groups in total. The first-order chi connectivity index (χ1) is 10.3. The maximum atomic E-state index is 6.09. The smallest absolute Gasteiger partial charge is 0.123 e. The highest BCUT2D eigenvalue weighted by atomic mass is 16.5. The number of benzene rings is 1. The average molecular weight is 282 g/mol. The molecule has 2 heterocycles. The second-order valence-corrected chi connectivity index (χ2v) is 6.36. The molecule has 21 heavy (non-hydrogen) atoms. The van der Waals surface area contributed by atoms with Crippen LogP contribution in [0.15, 0.2) is 36.5 Å². The van der Waals surface area contributed by atoms with Gasteiger partial charge in [-0.25, -0.2) is 0 Å². The average Bonchev–Trinajstić information content (AvgIpc) is 3.06. The zero-order valence-electron chi connectivity index (χ0n) is 12.5. The Bertz CT molecular complexity index is 642. The molecule has 1 saturated carbocycles. The van der Waals surface area contributed by atoms with Crippen molar-refractivity contribution >= 4 is 0 Å². The van der Waals surface area contributed by atoms with E-state index >= 15 is 0 Å². The molecule has 0 bridgehead atoms. The van der Waals surface area contributed by atoms with Gasteiger partial charge in [-0.1, -0.05) is 17.7 Å². The molecule has 1 aliphatic carbocycles. The van der Waals surface area contributed by atoms with E-state index < -0.39 is 0 Å². The zero-order chi connectivity index (χ0) is 14.2. The van der Waals surface area contributed by atoms with Crippen LogP contribution in [0.5, 0.6) is 5.75 Å². The van der Waals surface area contributed by atoms with Gasteiger partial charge in [0.05, 0.1) is 6.54 Å². The summed E-state index contributed by atoms with van der Waals surface area (Å²) in [6.45, 7) is 4.04. The minimum Gasteiger partial charge on any atom is -0.488 e. The third kappa shape index (κ3) is 2.84. The van der Waals surface area contributed by atoms with E-state index in [2.05, 4.69) is 53.3 Å². The van der Waals surface area contributed by atoms with Crippen molar-refractivity contribution in [1.82, 2.24) is 9.88 Å². The molecule has 0 radical (unpaired) electrons. The van der Waals surface area contributed by atoms with Crippen molar-refractivity contribution in [3.8, 4) is 5.75 Å². The van der Waals surface area contributed by atoms with E-state index in [4.69, 9.17) is 4.74 Å². The van der Waals surface area contributed by atoms with Crippen LogP contribution in [-0.2, 0) is 19.5 Å². The first-order valence-corrected chi connectivity index (χ1v) is 7.91. The summed E-state index contributed by atoms with van der Waals surface area (Å²) in [4.78, 5) is 0. The molecule has 3 heteroatoms. The zero-order valence-corrected chi connectivity index (χ0v) is 12.5. The summed E-state index contributed by atoms with van der Waals surface area (Å²) in [5.74, 6) is 1.07. The second-order valence-electron chi connectivity index (χ2n) is 6.36. The molecule has 2 aromatic rings. The lowest BCUT2D eigenvalue weighted by atomic mass is 10.1. The quantitative estimate of drug-likeness (QED) is 0.912. The van der Waals surface area contributed by atoms with Gasteiger partial charge in [0.2, 0.25) is 0 Å². The van der Waals surface area contributed by atoms with Gasteiger partial charge in [0.1, 0.15) is 11.9 Å². The highest BCUT2D eigenvalue weighted by Crippen LogP contribution is 2.30. The minimum atomic E-state index is 0.258. The molecular formula is C18H22N2O. The molecule has 3 nitrogen and oxygen atoms in total. The van der Waals surface area contributed by atoms with Crippen molar-refractivity contribution in [3.63, 3.8) is 0 Å². The van der Waals surface area contributed by atoms with Crippen LogP contribution in [-0.4, -0.2) is 16.7 Å². The molecule has 1 aromatic carbocycles. The molecule has 0 saturated heterocycles. The molecule has 4 rings (SSSR count). The van der Waals surface area contributed by atoms with Gasteiger partial charge in [0.25, 0.3) is 0 Å². The van der Waals surface area contributed by atoms with Gasteiger partial charge in [0, 0.05) is 30.9 Å². The van der Waals surface area contributed by atoms with Crippen LogP contribution in [0.25, 0.3) is 0 Å². The number of hydrogen-bond donors (Lipinski definition) is 1. The number of ether oxygens (including phenoxy) is 1. The van der Waals surface area contributed by atoms with Crippen molar-refractivity contribution in [2.45, 2.75) is 51.4 Å². The molecule has 1 unspecified atom stereocenters. The van der Waals surface area contributed by atoms with Crippen molar-refractivity contribution in [3.05, 3.63) is 53.3 Å². The molecule has 1 atom stereocenters. The molecule has 1 aliphatic heterocycles. The summed E-state index contributed by atoms with van der Waals surface area (Å²) in [5, 5.41) is 3.59. The number of aromatic nitrogens is 1. The fraction of sp³-hybridized carbons (Fsp3) is 0.444. The first-order valence-electron chi connectivity index (χ1n) is 7.91. The SMILES string of the molecule is Cc1ccc2c(c1)CC(Cn1cccc1CNC1CC1)O2. The Labute approximate surface area is 125 Å². The Hall–Kier alpha value is -1.74. The van der Waals surface area contributed by atoms with Gasteiger partial charge in [0.15, 0.2) is 0 Å². The number of hydrogen-bond acceptors (Lipinski definition) is 2. The van der Waals surface area contributed by atoms with Gasteiger partial charge in [-0.2, -0.15) is 0 Å². The Morgan fingerprint density at radius 1 is 1.29 bits per heavy atom. The van der Waals surface area contributed by atoms with Gasteiger partial charge in [-0.3, -0.25) is 0 Å². The Balaban J connectivity index is 1.42. The maximum Gasteiger partial charge on any atom is 0.123 e. The van der Waals surface area contributed by atoms with Gasteiger partial charge >= 0.3 is 0 Å². The fourth-order valence-corrected chi connectivity index (χ4v) is 3.09. The van der Waals surface area contributed by atoms with E-state index in [9.17, 15) is 0 Å². The summed E-state index contributed by atoms with van der Waals surface area (Å²) < 4.78 is 8.42. The highest BCUT2D eigenvalue weighted by Gasteiger charge is 2.24. The second kappa shape index (κ2) is 5.23. The molecule has 1 fully saturated rings. The van der Waals surface area contributed by atoms with Crippen molar-refractivity contribution in [2.75, 3.05) is 0 Å². The topological polar surface area (TPSA) is 26.2 Å². The molecule has 110 valence electrons. The van der Waals surface area contributed by atoms with E-state index in [-0.39, 0.29) is 6.10 Å². The van der Waals surface area contributed by atoms with Crippen molar-refractivity contribution in [2.24, 2.45) is 0 Å². The third-order valence-electron chi connectivity index (χ3n) is 4.43. The van der Waals surface area contributed by atoms with Gasteiger partial charge in [-0.05, 0) is 43.5 Å². The van der Waals surface area contributed by atoms with Crippen LogP contribution in [0.3, 0.4) is 0 Å². The summed E-state index contributed by atoms with van der Waals surface area (Å²) in [7, 11) is 0. The number of rotatable bonds is 5. The van der Waals surface area contributed by atoms with Gasteiger partial charge in [-0.15, -0.1) is 0 Å². The molecule has 2 aliphatic rings. The van der Waals surface area contributed by atoms with Gasteiger partial charge < -0.3 is 14.6 Å². The summed E-state index contributed by atoms with van der Waals surface area (Å²) in [5.41, 5.74) is 4.02. The molecular weight excluding hydrogens is 260 g/mol. The van der Waals surface area contributed by atoms with Crippen LogP contribution >= 0.6 is 0 Å². The summed E-state index contributed by atoms with van der Waals surface area (Å²) in [6, 6.07) is 11.6. The lowest BCUT2D eigenvalue weighted by Crippen LogP contribution is -2.24. The van der Waals surface area contributed by atoms with Crippen LogP contribution in [0.4, 0.5) is 0 Å². The number of nitrogens with one attached hydrogen (secondary N) is 1. The summed E-state index contributed by atoms with van der Waals surface area (Å²) >= 11 is 0. The standard InChI is InChI=1S/C18H22N2O/c1-13-4-7-18-14(9-13)10-17(21-18)12-20-8-2-3-16(20)11-19-15-5-6-15/h2-4,7-9,15,17,19H,5-6,10-12H2,1H3. The highest BCUT2D eigenvalue weighted by molar-refractivity contribution is 5.40. The van der Waals surface area contributed by atoms with E-state index in [0.717, 1.165) is 31.3 Å². The van der Waals surface area contributed by atoms with Crippen molar-refractivity contribution < 1.29 is 4.74 Å². The number of nitrogens with zero attached hydrogens (tertiary/aromatic N) is 1. The predicted octanol–water partition coefficient (Wildman–Crippen LogP) is 3.05.